The number of carbonyl (C=O) groups is 4. The minimum atomic E-state index is -1.59. The first kappa shape index (κ1) is 26.9. The molecule has 36 heavy (non-hydrogen) atoms. The lowest BCUT2D eigenvalue weighted by Crippen LogP contribution is -2.64. The van der Waals surface area contributed by atoms with E-state index in [1.165, 1.54) is 18.2 Å². The molecule has 1 saturated heterocycles. The van der Waals surface area contributed by atoms with Crippen LogP contribution in [0.3, 0.4) is 0 Å². The van der Waals surface area contributed by atoms with Crippen molar-refractivity contribution in [2.75, 3.05) is 13.7 Å². The van der Waals surface area contributed by atoms with Gasteiger partial charge in [-0.1, -0.05) is 0 Å². The molecule has 0 aromatic heterocycles. The molecule has 2 aliphatic heterocycles. The van der Waals surface area contributed by atoms with E-state index in [0.717, 1.165) is 27.9 Å². The molecule has 1 aromatic rings. The second-order valence-electron chi connectivity index (χ2n) is 7.85. The first-order valence-electron chi connectivity index (χ1n) is 10.9. The van der Waals surface area contributed by atoms with E-state index < -0.39 is 60.9 Å². The highest BCUT2D eigenvalue weighted by molar-refractivity contribution is 5.77. The van der Waals surface area contributed by atoms with Crippen LogP contribution in [0.4, 0.5) is 0 Å². The Hall–Kier alpha value is -3.68. The number of aliphatic hydroxyl groups excluding tert-OH is 1. The Kier molecular flexibility index (Phi) is 8.50. The summed E-state index contributed by atoms with van der Waals surface area (Å²) in [5.41, 5.74) is 7.00. The Morgan fingerprint density at radius 1 is 0.972 bits per heavy atom. The smallest absolute Gasteiger partial charge is 0.339 e. The average Bonchev–Trinajstić information content (AvgIpc) is 2.80. The van der Waals surface area contributed by atoms with Crippen molar-refractivity contribution >= 4 is 29.5 Å². The SMILES string of the molecule is COC(=O)C1OC(Oc2ccc3c(c2)OC(O)C=C3CN)C(OC(C)=O)C(OC(C)=O)C1OC(C)=O. The Morgan fingerprint density at radius 3 is 2.17 bits per heavy atom. The van der Waals surface area contributed by atoms with Crippen molar-refractivity contribution in [1.29, 1.82) is 0 Å². The summed E-state index contributed by atoms with van der Waals surface area (Å²) in [5, 5.41) is 9.94. The quantitative estimate of drug-likeness (QED) is 0.365. The molecule has 2 aliphatic rings. The van der Waals surface area contributed by atoms with Crippen LogP contribution < -0.4 is 15.2 Å². The number of hydrogen-bond donors (Lipinski definition) is 2. The van der Waals surface area contributed by atoms with Gasteiger partial charge in [0.25, 0.3) is 0 Å². The summed E-state index contributed by atoms with van der Waals surface area (Å²) in [4.78, 5) is 48.0. The normalized spacial score (nSPS) is 26.9. The Bertz CT molecular complexity index is 1050. The number of hydrogen-bond acceptors (Lipinski definition) is 13. The maximum atomic E-state index is 12.5. The van der Waals surface area contributed by atoms with Crippen LogP contribution in [0.5, 0.6) is 11.5 Å². The molecule has 0 saturated carbocycles. The van der Waals surface area contributed by atoms with E-state index >= 15 is 0 Å². The fraction of sp³-hybridized carbons (Fsp3) is 0.478. The maximum absolute atomic E-state index is 12.5. The van der Waals surface area contributed by atoms with Crippen LogP contribution in [0.2, 0.25) is 0 Å². The molecule has 6 atom stereocenters. The minimum absolute atomic E-state index is 0.123. The third-order valence-electron chi connectivity index (χ3n) is 5.20. The van der Waals surface area contributed by atoms with Gasteiger partial charge in [0, 0.05) is 38.9 Å². The first-order valence-corrected chi connectivity index (χ1v) is 10.9. The highest BCUT2D eigenvalue weighted by atomic mass is 16.7. The van der Waals surface area contributed by atoms with E-state index in [-0.39, 0.29) is 18.0 Å². The van der Waals surface area contributed by atoms with Crippen LogP contribution in [0, 0.1) is 0 Å². The summed E-state index contributed by atoms with van der Waals surface area (Å²) >= 11 is 0. The summed E-state index contributed by atoms with van der Waals surface area (Å²) in [7, 11) is 1.08. The molecular weight excluding hydrogens is 482 g/mol. The number of esters is 4. The summed E-state index contributed by atoms with van der Waals surface area (Å²) in [6.07, 6.45) is -7.34. The zero-order valence-electron chi connectivity index (χ0n) is 20.0. The van der Waals surface area contributed by atoms with Crippen LogP contribution in [0.25, 0.3) is 5.57 Å². The number of aliphatic hydroxyl groups is 1. The van der Waals surface area contributed by atoms with Gasteiger partial charge in [-0.25, -0.2) is 4.79 Å². The van der Waals surface area contributed by atoms with E-state index in [2.05, 4.69) is 0 Å². The molecule has 0 amide bonds. The van der Waals surface area contributed by atoms with Gasteiger partial charge in [0.2, 0.25) is 18.7 Å². The van der Waals surface area contributed by atoms with E-state index in [1.54, 1.807) is 6.07 Å². The number of nitrogens with two attached hydrogens (primary N) is 1. The van der Waals surface area contributed by atoms with Crippen LogP contribution in [0.1, 0.15) is 26.3 Å². The number of methoxy groups -OCH3 is 1. The molecule has 0 aliphatic carbocycles. The Balaban J connectivity index is 2.01. The summed E-state index contributed by atoms with van der Waals surface area (Å²) in [6, 6.07) is 4.59. The lowest BCUT2D eigenvalue weighted by Gasteiger charge is -2.43. The highest BCUT2D eigenvalue weighted by Crippen LogP contribution is 2.36. The highest BCUT2D eigenvalue weighted by Gasteiger charge is 2.55. The summed E-state index contributed by atoms with van der Waals surface area (Å²) < 4.78 is 37.6. The van der Waals surface area contributed by atoms with Crippen molar-refractivity contribution in [3.05, 3.63) is 29.8 Å². The molecule has 1 fully saturated rings. The lowest BCUT2D eigenvalue weighted by atomic mass is 9.97. The molecule has 3 rings (SSSR count). The third kappa shape index (κ3) is 6.11. The van der Waals surface area contributed by atoms with Gasteiger partial charge in [-0.05, 0) is 23.8 Å². The van der Waals surface area contributed by atoms with Crippen LogP contribution in [-0.2, 0) is 42.9 Å². The first-order chi connectivity index (χ1) is 17.0. The van der Waals surface area contributed by atoms with E-state index in [4.69, 9.17) is 38.9 Å². The van der Waals surface area contributed by atoms with Gasteiger partial charge in [-0.15, -0.1) is 0 Å². The number of ether oxygens (including phenoxy) is 7. The molecule has 196 valence electrons. The molecule has 13 nitrogen and oxygen atoms in total. The number of fused-ring (bicyclic) bond motifs is 1. The van der Waals surface area contributed by atoms with E-state index in [1.807, 2.05) is 0 Å². The van der Waals surface area contributed by atoms with Gasteiger partial charge in [0.05, 0.1) is 7.11 Å². The molecule has 6 unspecified atom stereocenters. The van der Waals surface area contributed by atoms with Gasteiger partial charge >= 0.3 is 23.9 Å². The molecule has 2 heterocycles. The van der Waals surface area contributed by atoms with Crippen molar-refractivity contribution in [3.8, 4) is 11.5 Å². The van der Waals surface area contributed by atoms with Crippen molar-refractivity contribution < 1.29 is 57.4 Å². The number of benzene rings is 1. The van der Waals surface area contributed by atoms with Crippen molar-refractivity contribution in [1.82, 2.24) is 0 Å². The van der Waals surface area contributed by atoms with E-state index in [0.29, 0.717) is 11.1 Å². The van der Waals surface area contributed by atoms with Gasteiger partial charge in [0.1, 0.15) is 11.5 Å². The largest absolute Gasteiger partial charge is 0.467 e. The van der Waals surface area contributed by atoms with Crippen LogP contribution >= 0.6 is 0 Å². The van der Waals surface area contributed by atoms with Crippen LogP contribution in [0.15, 0.2) is 24.3 Å². The van der Waals surface area contributed by atoms with Crippen molar-refractivity contribution in [3.63, 3.8) is 0 Å². The molecular formula is C23H27NO12. The molecule has 1 aromatic carbocycles. The maximum Gasteiger partial charge on any atom is 0.339 e. The average molecular weight is 509 g/mol. The molecule has 0 radical (unpaired) electrons. The van der Waals surface area contributed by atoms with Crippen LogP contribution in [-0.4, -0.2) is 79.6 Å². The zero-order chi connectivity index (χ0) is 26.6. The van der Waals surface area contributed by atoms with Crippen molar-refractivity contribution in [2.45, 2.75) is 57.8 Å². The van der Waals surface area contributed by atoms with Gasteiger partial charge in [-0.2, -0.15) is 0 Å². The van der Waals surface area contributed by atoms with Gasteiger partial charge in [-0.3, -0.25) is 14.4 Å². The molecule has 3 N–H and O–H groups in total. The Labute approximate surface area is 206 Å². The van der Waals surface area contributed by atoms with E-state index in [9.17, 15) is 24.3 Å². The van der Waals surface area contributed by atoms with Gasteiger partial charge < -0.3 is 44.0 Å². The summed E-state index contributed by atoms with van der Waals surface area (Å²) in [6.45, 7) is 3.41. The molecule has 13 heteroatoms. The predicted octanol–water partition coefficient (Wildman–Crippen LogP) is -0.189. The monoisotopic (exact) mass is 509 g/mol. The number of carbonyl (C=O) groups excluding carboxylic acids is 4. The minimum Gasteiger partial charge on any atom is -0.467 e. The standard InChI is InChI=1S/C23H27NO12/c1-10(25)31-18-19(32-11(2)26)21(33-12(3)27)23(36-20(18)22(29)30-4)34-14-5-6-15-13(9-24)7-17(28)35-16(15)8-14/h5-8,17-21,23,28H,9,24H2,1-4H3. The predicted molar refractivity (Wildman–Crippen MR) is 118 cm³/mol. The second kappa shape index (κ2) is 11.4. The topological polar surface area (TPSA) is 179 Å². The third-order valence-corrected chi connectivity index (χ3v) is 5.20. The fourth-order valence-corrected chi connectivity index (χ4v) is 3.85. The Morgan fingerprint density at radius 2 is 1.58 bits per heavy atom. The zero-order valence-corrected chi connectivity index (χ0v) is 20.0. The van der Waals surface area contributed by atoms with Gasteiger partial charge in [0.15, 0.2) is 18.3 Å². The fourth-order valence-electron chi connectivity index (χ4n) is 3.85. The molecule has 0 spiro atoms. The number of rotatable bonds is 7. The lowest BCUT2D eigenvalue weighted by molar-refractivity contribution is -0.282. The molecule has 0 bridgehead atoms. The second-order valence-corrected chi connectivity index (χ2v) is 7.85. The van der Waals surface area contributed by atoms with Crippen molar-refractivity contribution in [2.24, 2.45) is 5.73 Å². The summed E-state index contributed by atoms with van der Waals surface area (Å²) in [5.74, 6) is -3.00.